The number of carboxylic acids is 1. The van der Waals surface area contributed by atoms with Crippen molar-refractivity contribution in [1.29, 1.82) is 0 Å². The van der Waals surface area contributed by atoms with Gasteiger partial charge in [0.25, 0.3) is 0 Å². The van der Waals surface area contributed by atoms with E-state index in [2.05, 4.69) is 23.9 Å². The van der Waals surface area contributed by atoms with E-state index < -0.39 is 5.97 Å². The molecule has 3 aromatic rings. The number of fused-ring (bicyclic) bond motifs is 1. The van der Waals surface area contributed by atoms with Crippen molar-refractivity contribution in [3.05, 3.63) is 47.8 Å². The maximum absolute atomic E-state index is 11.2. The van der Waals surface area contributed by atoms with Crippen LogP contribution in [0, 0.1) is 5.92 Å². The van der Waals surface area contributed by atoms with Gasteiger partial charge in [-0.05, 0) is 48.7 Å². The minimum atomic E-state index is -1.04. The lowest BCUT2D eigenvalue weighted by molar-refractivity contribution is 0.0691. The van der Waals surface area contributed by atoms with Gasteiger partial charge in [0.1, 0.15) is 17.0 Å². The van der Waals surface area contributed by atoms with Gasteiger partial charge in [0, 0.05) is 0 Å². The third-order valence-corrected chi connectivity index (χ3v) is 3.73. The number of aromatic nitrogens is 3. The summed E-state index contributed by atoms with van der Waals surface area (Å²) in [6, 6.07) is 10.8. The van der Waals surface area contributed by atoms with Gasteiger partial charge in [-0.2, -0.15) is 5.10 Å². The quantitative estimate of drug-likeness (QED) is 0.778. The van der Waals surface area contributed by atoms with Crippen LogP contribution in [0.25, 0.3) is 16.7 Å². The molecule has 0 saturated carbocycles. The summed E-state index contributed by atoms with van der Waals surface area (Å²) in [6.45, 7) is 4.19. The van der Waals surface area contributed by atoms with E-state index in [0.717, 1.165) is 29.1 Å². The van der Waals surface area contributed by atoms with Crippen molar-refractivity contribution in [2.45, 2.75) is 20.3 Å². The van der Waals surface area contributed by atoms with Crippen LogP contribution in [0.15, 0.2) is 36.4 Å². The lowest BCUT2D eigenvalue weighted by Crippen LogP contribution is -2.01. The maximum Gasteiger partial charge on any atom is 0.354 e. The molecule has 2 heterocycles. The van der Waals surface area contributed by atoms with Gasteiger partial charge in [0.2, 0.25) is 0 Å². The molecule has 1 aromatic carbocycles. The number of carbonyl (C=O) groups is 1. The SMILES string of the molecule is COc1ccc(-n2nc(CC(C)C)c3nc(C(=O)O)ccc32)cc1. The molecule has 2 aromatic heterocycles. The van der Waals surface area contributed by atoms with Crippen molar-refractivity contribution < 1.29 is 14.6 Å². The first kappa shape index (κ1) is 16.0. The highest BCUT2D eigenvalue weighted by molar-refractivity contribution is 5.90. The van der Waals surface area contributed by atoms with E-state index in [1.54, 1.807) is 17.9 Å². The summed E-state index contributed by atoms with van der Waals surface area (Å²) in [4.78, 5) is 15.5. The molecule has 3 rings (SSSR count). The number of methoxy groups -OCH3 is 1. The van der Waals surface area contributed by atoms with E-state index in [1.807, 2.05) is 24.3 Å². The van der Waals surface area contributed by atoms with E-state index in [-0.39, 0.29) is 5.69 Å². The zero-order valence-corrected chi connectivity index (χ0v) is 13.9. The fourth-order valence-electron chi connectivity index (χ4n) is 2.62. The predicted octanol–water partition coefficient (Wildman–Crippen LogP) is 3.33. The van der Waals surface area contributed by atoms with Crippen LogP contribution in [-0.4, -0.2) is 33.0 Å². The maximum atomic E-state index is 11.2. The second kappa shape index (κ2) is 6.31. The molecule has 124 valence electrons. The molecule has 0 saturated heterocycles. The fraction of sp³-hybridized carbons (Fsp3) is 0.278. The molecular weight excluding hydrogens is 306 g/mol. The molecule has 0 spiro atoms. The van der Waals surface area contributed by atoms with Crippen LogP contribution in [0.1, 0.15) is 30.0 Å². The molecular formula is C18H19N3O3. The third kappa shape index (κ3) is 2.95. The summed E-state index contributed by atoms with van der Waals surface area (Å²) < 4.78 is 6.98. The van der Waals surface area contributed by atoms with Crippen LogP contribution >= 0.6 is 0 Å². The lowest BCUT2D eigenvalue weighted by atomic mass is 10.1. The van der Waals surface area contributed by atoms with Crippen molar-refractivity contribution in [1.82, 2.24) is 14.8 Å². The Balaban J connectivity index is 2.18. The van der Waals surface area contributed by atoms with Gasteiger partial charge in [0.15, 0.2) is 0 Å². The summed E-state index contributed by atoms with van der Waals surface area (Å²) in [6.07, 6.45) is 0.732. The summed E-state index contributed by atoms with van der Waals surface area (Å²) >= 11 is 0. The molecule has 0 aliphatic heterocycles. The van der Waals surface area contributed by atoms with Crippen LogP contribution in [-0.2, 0) is 6.42 Å². The zero-order chi connectivity index (χ0) is 17.3. The van der Waals surface area contributed by atoms with Gasteiger partial charge >= 0.3 is 5.97 Å². The van der Waals surface area contributed by atoms with Crippen LogP contribution in [0.5, 0.6) is 5.75 Å². The first-order chi connectivity index (χ1) is 11.5. The molecule has 0 fully saturated rings. The highest BCUT2D eigenvalue weighted by Crippen LogP contribution is 2.24. The Labute approximate surface area is 139 Å². The van der Waals surface area contributed by atoms with Gasteiger partial charge in [-0.1, -0.05) is 13.8 Å². The number of rotatable bonds is 5. The Bertz CT molecular complexity index is 882. The lowest BCUT2D eigenvalue weighted by Gasteiger charge is -2.05. The summed E-state index contributed by atoms with van der Waals surface area (Å²) in [5, 5.41) is 13.9. The Morgan fingerprint density at radius 2 is 1.92 bits per heavy atom. The highest BCUT2D eigenvalue weighted by atomic mass is 16.5. The molecule has 0 aliphatic carbocycles. The zero-order valence-electron chi connectivity index (χ0n) is 13.9. The van der Waals surface area contributed by atoms with Gasteiger partial charge in [0.05, 0.1) is 24.0 Å². The van der Waals surface area contributed by atoms with Gasteiger partial charge in [-0.3, -0.25) is 0 Å². The monoisotopic (exact) mass is 325 g/mol. The first-order valence-corrected chi connectivity index (χ1v) is 7.76. The molecule has 6 nitrogen and oxygen atoms in total. The van der Waals surface area contributed by atoms with Crippen LogP contribution < -0.4 is 4.74 Å². The molecule has 6 heteroatoms. The number of ether oxygens (including phenoxy) is 1. The van der Waals surface area contributed by atoms with E-state index >= 15 is 0 Å². The number of carboxylic acid groups (broad SMARTS) is 1. The Morgan fingerprint density at radius 1 is 1.21 bits per heavy atom. The van der Waals surface area contributed by atoms with Crippen LogP contribution in [0.4, 0.5) is 0 Å². The number of nitrogens with zero attached hydrogens (tertiary/aromatic N) is 3. The minimum absolute atomic E-state index is 0.0294. The molecule has 0 amide bonds. The number of pyridine rings is 1. The number of aromatic carboxylic acids is 1. The number of hydrogen-bond donors (Lipinski definition) is 1. The van der Waals surface area contributed by atoms with Crippen LogP contribution in [0.2, 0.25) is 0 Å². The summed E-state index contributed by atoms with van der Waals surface area (Å²) in [5.74, 6) is 0.121. The average molecular weight is 325 g/mol. The first-order valence-electron chi connectivity index (χ1n) is 7.76. The van der Waals surface area contributed by atoms with Crippen molar-refractivity contribution in [2.75, 3.05) is 7.11 Å². The standard InChI is InChI=1S/C18H19N3O3/c1-11(2)10-15-17-16(9-8-14(19-17)18(22)23)21(20-15)12-4-6-13(24-3)7-5-12/h4-9,11H,10H2,1-3H3,(H,22,23). The molecule has 1 N–H and O–H groups in total. The predicted molar refractivity (Wildman–Crippen MR) is 90.9 cm³/mol. The molecule has 0 unspecified atom stereocenters. The average Bonchev–Trinajstić information content (AvgIpc) is 2.92. The molecule has 0 radical (unpaired) electrons. The molecule has 0 aliphatic rings. The largest absolute Gasteiger partial charge is 0.497 e. The second-order valence-electron chi connectivity index (χ2n) is 6.02. The summed E-state index contributed by atoms with van der Waals surface area (Å²) in [7, 11) is 1.62. The van der Waals surface area contributed by atoms with Crippen molar-refractivity contribution in [3.8, 4) is 11.4 Å². The van der Waals surface area contributed by atoms with Crippen molar-refractivity contribution >= 4 is 17.0 Å². The van der Waals surface area contributed by atoms with E-state index in [9.17, 15) is 9.90 Å². The number of benzene rings is 1. The topological polar surface area (TPSA) is 77.2 Å². The highest BCUT2D eigenvalue weighted by Gasteiger charge is 2.17. The van der Waals surface area contributed by atoms with Gasteiger partial charge in [-0.15, -0.1) is 0 Å². The third-order valence-electron chi connectivity index (χ3n) is 3.73. The number of hydrogen-bond acceptors (Lipinski definition) is 4. The van der Waals surface area contributed by atoms with Crippen molar-refractivity contribution in [2.24, 2.45) is 5.92 Å². The molecule has 24 heavy (non-hydrogen) atoms. The normalized spacial score (nSPS) is 11.2. The van der Waals surface area contributed by atoms with Crippen LogP contribution in [0.3, 0.4) is 0 Å². The summed E-state index contributed by atoms with van der Waals surface area (Å²) in [5.41, 5.74) is 3.14. The van der Waals surface area contributed by atoms with E-state index in [0.29, 0.717) is 11.4 Å². The smallest absolute Gasteiger partial charge is 0.354 e. The van der Waals surface area contributed by atoms with Gasteiger partial charge in [-0.25, -0.2) is 14.5 Å². The van der Waals surface area contributed by atoms with Crippen molar-refractivity contribution in [3.63, 3.8) is 0 Å². The fourth-order valence-corrected chi connectivity index (χ4v) is 2.62. The Kier molecular flexibility index (Phi) is 4.20. The van der Waals surface area contributed by atoms with E-state index in [1.165, 1.54) is 6.07 Å². The van der Waals surface area contributed by atoms with E-state index in [4.69, 9.17) is 4.74 Å². The Hall–Kier alpha value is -2.89. The second-order valence-corrected chi connectivity index (χ2v) is 6.02. The Morgan fingerprint density at radius 3 is 2.50 bits per heavy atom. The molecule has 0 atom stereocenters. The molecule has 0 bridgehead atoms. The van der Waals surface area contributed by atoms with Gasteiger partial charge < -0.3 is 9.84 Å². The minimum Gasteiger partial charge on any atom is -0.497 e.